The Bertz CT molecular complexity index is 292. The van der Waals surface area contributed by atoms with Gasteiger partial charge in [-0.25, -0.2) is 0 Å². The summed E-state index contributed by atoms with van der Waals surface area (Å²) in [4.78, 5) is 13.9. The largest absolute Gasteiger partial charge is 0.317 e. The number of H-pyrrole nitrogens is 1. The third kappa shape index (κ3) is 2.32. The van der Waals surface area contributed by atoms with Crippen LogP contribution in [-0.2, 0) is 6.42 Å². The Labute approximate surface area is 79.2 Å². The van der Waals surface area contributed by atoms with Crippen LogP contribution >= 0.6 is 22.6 Å². The van der Waals surface area contributed by atoms with Gasteiger partial charge in [0, 0.05) is 5.56 Å². The molecule has 3 heteroatoms. The molecule has 0 unspecified atom stereocenters. The molecule has 0 spiro atoms. The first-order valence-corrected chi connectivity index (χ1v) is 4.69. The Morgan fingerprint density at radius 3 is 2.82 bits per heavy atom. The van der Waals surface area contributed by atoms with Crippen LogP contribution in [0.3, 0.4) is 0 Å². The van der Waals surface area contributed by atoms with Crippen molar-refractivity contribution in [2.24, 2.45) is 0 Å². The molecule has 11 heavy (non-hydrogen) atoms. The molecule has 0 saturated heterocycles. The van der Waals surface area contributed by atoms with Crippen LogP contribution in [0.2, 0.25) is 0 Å². The van der Waals surface area contributed by atoms with Gasteiger partial charge < -0.3 is 4.98 Å². The molecule has 0 atom stereocenters. The van der Waals surface area contributed by atoms with Gasteiger partial charge in [0.15, 0.2) is 0 Å². The summed E-state index contributed by atoms with van der Waals surface area (Å²) in [5.74, 6) is 0. The van der Waals surface area contributed by atoms with Crippen LogP contribution in [-0.4, -0.2) is 4.98 Å². The zero-order valence-corrected chi connectivity index (χ0v) is 8.51. The van der Waals surface area contributed by atoms with Gasteiger partial charge in [-0.2, -0.15) is 0 Å². The lowest BCUT2D eigenvalue weighted by molar-refractivity contribution is 0.897. The van der Waals surface area contributed by atoms with Crippen LogP contribution in [0.5, 0.6) is 0 Å². The van der Waals surface area contributed by atoms with E-state index in [9.17, 15) is 4.79 Å². The number of aromatic amines is 1. The minimum Gasteiger partial charge on any atom is -0.317 e. The SMILES string of the molecule is CCCc1ccc(I)[nH]c1=O. The molecule has 0 bridgehead atoms. The molecule has 2 nitrogen and oxygen atoms in total. The molecule has 1 aromatic rings. The van der Waals surface area contributed by atoms with E-state index in [0.29, 0.717) is 0 Å². The molecule has 0 aliphatic rings. The van der Waals surface area contributed by atoms with Crippen LogP contribution in [0.1, 0.15) is 18.9 Å². The number of nitrogens with one attached hydrogen (secondary N) is 1. The van der Waals surface area contributed by atoms with E-state index in [1.54, 1.807) is 0 Å². The fraction of sp³-hybridized carbons (Fsp3) is 0.375. The van der Waals surface area contributed by atoms with Gasteiger partial charge in [0.05, 0.1) is 3.70 Å². The molecule has 1 heterocycles. The van der Waals surface area contributed by atoms with Crippen LogP contribution in [0.4, 0.5) is 0 Å². The summed E-state index contributed by atoms with van der Waals surface area (Å²) >= 11 is 2.09. The van der Waals surface area contributed by atoms with E-state index < -0.39 is 0 Å². The first-order valence-electron chi connectivity index (χ1n) is 3.61. The number of aryl methyl sites for hydroxylation is 1. The van der Waals surface area contributed by atoms with E-state index in [1.165, 1.54) is 0 Å². The predicted octanol–water partition coefficient (Wildman–Crippen LogP) is 1.93. The maximum atomic E-state index is 11.2. The highest BCUT2D eigenvalue weighted by Crippen LogP contribution is 1.99. The van der Waals surface area contributed by atoms with E-state index in [-0.39, 0.29) is 5.56 Å². The van der Waals surface area contributed by atoms with Crippen molar-refractivity contribution in [3.8, 4) is 0 Å². The topological polar surface area (TPSA) is 32.9 Å². The Morgan fingerprint density at radius 1 is 1.55 bits per heavy atom. The molecular weight excluding hydrogens is 253 g/mol. The second kappa shape index (κ2) is 3.90. The van der Waals surface area contributed by atoms with Crippen molar-refractivity contribution in [2.45, 2.75) is 19.8 Å². The number of hydrogen-bond acceptors (Lipinski definition) is 1. The van der Waals surface area contributed by atoms with E-state index in [1.807, 2.05) is 12.1 Å². The Balaban J connectivity index is 3.00. The van der Waals surface area contributed by atoms with Crippen molar-refractivity contribution < 1.29 is 0 Å². The van der Waals surface area contributed by atoms with E-state index in [0.717, 1.165) is 22.1 Å². The van der Waals surface area contributed by atoms with Crippen LogP contribution in [0, 0.1) is 3.70 Å². The Hall–Kier alpha value is -0.320. The summed E-state index contributed by atoms with van der Waals surface area (Å²) in [6.07, 6.45) is 1.88. The van der Waals surface area contributed by atoms with Gasteiger partial charge >= 0.3 is 0 Å². The molecular formula is C8H10INO. The molecule has 1 N–H and O–H groups in total. The van der Waals surface area contributed by atoms with E-state index >= 15 is 0 Å². The van der Waals surface area contributed by atoms with Crippen molar-refractivity contribution in [1.82, 2.24) is 4.98 Å². The molecule has 0 aliphatic carbocycles. The normalized spacial score (nSPS) is 10.0. The van der Waals surface area contributed by atoms with Gasteiger partial charge in [-0.05, 0) is 35.1 Å². The number of pyridine rings is 1. The lowest BCUT2D eigenvalue weighted by Crippen LogP contribution is -2.12. The van der Waals surface area contributed by atoms with Gasteiger partial charge in [-0.1, -0.05) is 19.4 Å². The highest BCUT2D eigenvalue weighted by Gasteiger charge is 1.96. The Morgan fingerprint density at radius 2 is 2.27 bits per heavy atom. The smallest absolute Gasteiger partial charge is 0.251 e. The van der Waals surface area contributed by atoms with Crippen molar-refractivity contribution in [2.75, 3.05) is 0 Å². The Kier molecular flexibility index (Phi) is 3.11. The molecule has 0 aromatic carbocycles. The molecule has 0 amide bonds. The second-order valence-corrected chi connectivity index (χ2v) is 3.57. The minimum atomic E-state index is 0.0544. The van der Waals surface area contributed by atoms with Crippen molar-refractivity contribution in [3.63, 3.8) is 0 Å². The van der Waals surface area contributed by atoms with Gasteiger partial charge in [0.25, 0.3) is 5.56 Å². The maximum absolute atomic E-state index is 11.2. The van der Waals surface area contributed by atoms with E-state index in [2.05, 4.69) is 34.5 Å². The second-order valence-electron chi connectivity index (χ2n) is 2.41. The molecule has 0 aliphatic heterocycles. The average Bonchev–Trinajstić information content (AvgIpc) is 1.95. The third-order valence-corrected chi connectivity index (χ3v) is 2.10. The zero-order valence-electron chi connectivity index (χ0n) is 6.36. The summed E-state index contributed by atoms with van der Waals surface area (Å²) < 4.78 is 0.896. The quantitative estimate of drug-likeness (QED) is 0.641. The van der Waals surface area contributed by atoms with Crippen LogP contribution in [0.25, 0.3) is 0 Å². The monoisotopic (exact) mass is 263 g/mol. The minimum absolute atomic E-state index is 0.0544. The molecule has 0 saturated carbocycles. The summed E-state index contributed by atoms with van der Waals surface area (Å²) in [6, 6.07) is 3.82. The first kappa shape index (κ1) is 8.77. The van der Waals surface area contributed by atoms with Crippen LogP contribution in [0.15, 0.2) is 16.9 Å². The number of halogens is 1. The van der Waals surface area contributed by atoms with Crippen LogP contribution < -0.4 is 5.56 Å². The average molecular weight is 263 g/mol. The lowest BCUT2D eigenvalue weighted by Gasteiger charge is -1.96. The van der Waals surface area contributed by atoms with Crippen molar-refractivity contribution in [1.29, 1.82) is 0 Å². The highest BCUT2D eigenvalue weighted by molar-refractivity contribution is 14.1. The number of hydrogen-bond donors (Lipinski definition) is 1. The van der Waals surface area contributed by atoms with Gasteiger partial charge in [0.2, 0.25) is 0 Å². The molecule has 1 rings (SSSR count). The number of aromatic nitrogens is 1. The molecule has 0 radical (unpaired) electrons. The fourth-order valence-corrected chi connectivity index (χ4v) is 1.37. The summed E-state index contributed by atoms with van der Waals surface area (Å²) in [5, 5.41) is 0. The number of rotatable bonds is 2. The molecule has 1 aromatic heterocycles. The van der Waals surface area contributed by atoms with Crippen molar-refractivity contribution in [3.05, 3.63) is 31.8 Å². The maximum Gasteiger partial charge on any atom is 0.251 e. The highest BCUT2D eigenvalue weighted by atomic mass is 127. The molecule has 0 fully saturated rings. The zero-order chi connectivity index (χ0) is 8.27. The fourth-order valence-electron chi connectivity index (χ4n) is 0.946. The van der Waals surface area contributed by atoms with Gasteiger partial charge in [-0.3, -0.25) is 4.79 Å². The third-order valence-electron chi connectivity index (χ3n) is 1.47. The lowest BCUT2D eigenvalue weighted by atomic mass is 10.2. The van der Waals surface area contributed by atoms with Crippen molar-refractivity contribution >= 4 is 22.6 Å². The van der Waals surface area contributed by atoms with Gasteiger partial charge in [-0.15, -0.1) is 0 Å². The summed E-state index contributed by atoms with van der Waals surface area (Å²) in [7, 11) is 0. The summed E-state index contributed by atoms with van der Waals surface area (Å²) in [6.45, 7) is 2.07. The first-order chi connectivity index (χ1) is 5.24. The van der Waals surface area contributed by atoms with E-state index in [4.69, 9.17) is 0 Å². The summed E-state index contributed by atoms with van der Waals surface area (Å²) in [5.41, 5.74) is 0.937. The standard InChI is InChI=1S/C8H10INO/c1-2-3-6-4-5-7(9)10-8(6)11/h4-5H,2-3H2,1H3,(H,10,11). The predicted molar refractivity (Wildman–Crippen MR) is 53.8 cm³/mol. The van der Waals surface area contributed by atoms with Gasteiger partial charge in [0.1, 0.15) is 0 Å². The molecule has 60 valence electrons.